The van der Waals surface area contributed by atoms with Gasteiger partial charge in [-0.1, -0.05) is 12.1 Å². The smallest absolute Gasteiger partial charge is 0.410 e. The molecule has 1 amide bonds. The lowest BCUT2D eigenvalue weighted by Crippen LogP contribution is -2.44. The van der Waals surface area contributed by atoms with Crippen LogP contribution in [0.5, 0.6) is 0 Å². The Morgan fingerprint density at radius 1 is 1.41 bits per heavy atom. The number of rotatable bonds is 3. The van der Waals surface area contributed by atoms with Gasteiger partial charge in [-0.05, 0) is 38.8 Å². The number of aliphatic hydroxyl groups is 2. The summed E-state index contributed by atoms with van der Waals surface area (Å²) in [5.74, 6) is -0.0613. The highest BCUT2D eigenvalue weighted by molar-refractivity contribution is 5.69. The average Bonchev–Trinajstić information content (AvgIpc) is 3.19. The molecule has 3 rings (SSSR count). The van der Waals surface area contributed by atoms with Crippen LogP contribution in [-0.2, 0) is 11.2 Å². The number of oxazole rings is 1. The van der Waals surface area contributed by atoms with Gasteiger partial charge < -0.3 is 19.4 Å². The number of carbonyl (C=O) groups is 1. The summed E-state index contributed by atoms with van der Waals surface area (Å²) in [7, 11) is 0. The Morgan fingerprint density at radius 2 is 2.15 bits per heavy atom. The second-order valence-corrected chi connectivity index (χ2v) is 7.63. The Balaban J connectivity index is 1.80. The minimum atomic E-state index is -1.19. The monoisotopic (exact) mass is 378 g/mol. The van der Waals surface area contributed by atoms with E-state index in [0.717, 1.165) is 0 Å². The lowest BCUT2D eigenvalue weighted by Gasteiger charge is -2.29. The number of amides is 1. The fourth-order valence-electron chi connectivity index (χ4n) is 3.10. The third-order valence-corrected chi connectivity index (χ3v) is 4.40. The molecule has 1 aromatic carbocycles. The highest BCUT2D eigenvalue weighted by atomic mass is 19.1. The summed E-state index contributed by atoms with van der Waals surface area (Å²) in [6.07, 6.45) is -0.169. The number of benzene rings is 1. The molecule has 0 unspecified atom stereocenters. The number of ether oxygens (including phenoxy) is 1. The molecule has 1 fully saturated rings. The fourth-order valence-corrected chi connectivity index (χ4v) is 3.10. The van der Waals surface area contributed by atoms with Crippen LogP contribution in [0.15, 0.2) is 35.2 Å². The summed E-state index contributed by atoms with van der Waals surface area (Å²) in [6.45, 7) is 5.11. The standard InChI is InChI=1S/C19H23FN2O5/c1-19(2,3)27-18(25)22-9-15(23)17(24)14(22)7-11-4-5-12(6-13(11)20)16-8-21-10-26-16/h4-6,8,10,14-15,17,23-24H,7,9H2,1-3H3/t14-,15+,17+/m1/s1. The summed E-state index contributed by atoms with van der Waals surface area (Å²) >= 11 is 0. The van der Waals surface area contributed by atoms with E-state index in [4.69, 9.17) is 9.15 Å². The van der Waals surface area contributed by atoms with Crippen molar-refractivity contribution in [2.75, 3.05) is 6.54 Å². The first-order valence-electron chi connectivity index (χ1n) is 8.69. The molecule has 27 heavy (non-hydrogen) atoms. The Bertz CT molecular complexity index is 803. The highest BCUT2D eigenvalue weighted by Crippen LogP contribution is 2.27. The normalized spacial score (nSPS) is 22.9. The van der Waals surface area contributed by atoms with E-state index in [1.54, 1.807) is 32.9 Å². The molecule has 0 radical (unpaired) electrons. The predicted octanol–water partition coefficient (Wildman–Crippen LogP) is 2.36. The van der Waals surface area contributed by atoms with Gasteiger partial charge in [-0.3, -0.25) is 4.90 Å². The summed E-state index contributed by atoms with van der Waals surface area (Å²) in [4.78, 5) is 17.5. The zero-order chi connectivity index (χ0) is 19.8. The maximum atomic E-state index is 14.6. The summed E-state index contributed by atoms with van der Waals surface area (Å²) in [5.41, 5.74) is 0.124. The van der Waals surface area contributed by atoms with Gasteiger partial charge in [0.25, 0.3) is 0 Å². The van der Waals surface area contributed by atoms with Gasteiger partial charge in [0, 0.05) is 5.56 Å². The van der Waals surface area contributed by atoms with E-state index < -0.39 is 35.8 Å². The van der Waals surface area contributed by atoms with Crippen molar-refractivity contribution in [2.24, 2.45) is 0 Å². The second-order valence-electron chi connectivity index (χ2n) is 7.63. The second kappa shape index (κ2) is 7.28. The molecule has 1 aliphatic rings. The summed E-state index contributed by atoms with van der Waals surface area (Å²) in [6, 6.07) is 3.76. The van der Waals surface area contributed by atoms with E-state index in [1.165, 1.54) is 23.6 Å². The van der Waals surface area contributed by atoms with Crippen LogP contribution in [0, 0.1) is 5.82 Å². The number of hydrogen-bond donors (Lipinski definition) is 2. The number of halogens is 1. The molecule has 0 saturated carbocycles. The van der Waals surface area contributed by atoms with Crippen LogP contribution in [0.2, 0.25) is 0 Å². The van der Waals surface area contributed by atoms with E-state index in [0.29, 0.717) is 16.9 Å². The quantitative estimate of drug-likeness (QED) is 0.851. The lowest BCUT2D eigenvalue weighted by atomic mass is 9.99. The van der Waals surface area contributed by atoms with Gasteiger partial charge in [0.05, 0.1) is 24.9 Å². The van der Waals surface area contributed by atoms with Crippen molar-refractivity contribution < 1.29 is 28.6 Å². The van der Waals surface area contributed by atoms with Crippen LogP contribution in [-0.4, -0.2) is 56.6 Å². The van der Waals surface area contributed by atoms with Crippen molar-refractivity contribution in [3.05, 3.63) is 42.2 Å². The number of β-amino-alcohol motifs (C(OH)–C–C–N with tert-alkyl or cyclic N) is 1. The van der Waals surface area contributed by atoms with Crippen LogP contribution in [0.4, 0.5) is 9.18 Å². The van der Waals surface area contributed by atoms with Gasteiger partial charge in [0.15, 0.2) is 12.2 Å². The van der Waals surface area contributed by atoms with E-state index in [9.17, 15) is 19.4 Å². The van der Waals surface area contributed by atoms with Crippen molar-refractivity contribution in [1.29, 1.82) is 0 Å². The van der Waals surface area contributed by atoms with Crippen molar-refractivity contribution in [3.63, 3.8) is 0 Å². The van der Waals surface area contributed by atoms with Crippen LogP contribution >= 0.6 is 0 Å². The van der Waals surface area contributed by atoms with E-state index in [2.05, 4.69) is 4.98 Å². The maximum Gasteiger partial charge on any atom is 0.410 e. The van der Waals surface area contributed by atoms with Crippen molar-refractivity contribution in [2.45, 2.75) is 51.0 Å². The van der Waals surface area contributed by atoms with Crippen LogP contribution < -0.4 is 0 Å². The van der Waals surface area contributed by atoms with Crippen molar-refractivity contribution >= 4 is 6.09 Å². The molecule has 2 aromatic rings. The molecule has 2 N–H and O–H groups in total. The molecule has 0 bridgehead atoms. The number of likely N-dealkylation sites (tertiary alicyclic amines) is 1. The van der Waals surface area contributed by atoms with Crippen LogP contribution in [0.3, 0.4) is 0 Å². The minimum absolute atomic E-state index is 0.0417. The van der Waals surface area contributed by atoms with Gasteiger partial charge in [0.1, 0.15) is 17.5 Å². The molecule has 1 saturated heterocycles. The van der Waals surface area contributed by atoms with Crippen LogP contribution in [0.25, 0.3) is 11.3 Å². The Kier molecular flexibility index (Phi) is 5.21. The molecular formula is C19H23FN2O5. The number of carbonyl (C=O) groups excluding carboxylic acids is 1. The van der Waals surface area contributed by atoms with E-state index >= 15 is 0 Å². The number of nitrogens with zero attached hydrogens (tertiary/aromatic N) is 2. The van der Waals surface area contributed by atoms with Gasteiger partial charge in [-0.15, -0.1) is 0 Å². The number of aliphatic hydroxyl groups excluding tert-OH is 2. The molecular weight excluding hydrogens is 355 g/mol. The molecule has 7 nitrogen and oxygen atoms in total. The highest BCUT2D eigenvalue weighted by Gasteiger charge is 2.44. The zero-order valence-electron chi connectivity index (χ0n) is 15.4. The maximum absolute atomic E-state index is 14.6. The van der Waals surface area contributed by atoms with E-state index in [1.807, 2.05) is 0 Å². The van der Waals surface area contributed by atoms with Gasteiger partial charge in [-0.2, -0.15) is 0 Å². The van der Waals surface area contributed by atoms with Gasteiger partial charge in [-0.25, -0.2) is 14.2 Å². The Labute approximate surface area is 156 Å². The number of aromatic nitrogens is 1. The SMILES string of the molecule is CC(C)(C)OC(=O)N1C[C@H](O)[C@@H](O)[C@H]1Cc1ccc(-c2cnco2)cc1F. The van der Waals surface area contributed by atoms with E-state index in [-0.39, 0.29) is 13.0 Å². The fraction of sp³-hybridized carbons (Fsp3) is 0.474. The Hall–Kier alpha value is -2.45. The molecule has 8 heteroatoms. The molecule has 146 valence electrons. The summed E-state index contributed by atoms with van der Waals surface area (Å²) in [5, 5.41) is 20.3. The molecule has 0 spiro atoms. The largest absolute Gasteiger partial charge is 0.444 e. The first kappa shape index (κ1) is 19.3. The molecule has 0 aliphatic carbocycles. The molecule has 2 heterocycles. The van der Waals surface area contributed by atoms with Crippen molar-refractivity contribution in [3.8, 4) is 11.3 Å². The predicted molar refractivity (Wildman–Crippen MR) is 94.3 cm³/mol. The first-order chi connectivity index (χ1) is 12.7. The first-order valence-corrected chi connectivity index (χ1v) is 8.69. The summed E-state index contributed by atoms with van der Waals surface area (Å²) < 4.78 is 25.1. The molecule has 1 aliphatic heterocycles. The molecule has 3 atom stereocenters. The Morgan fingerprint density at radius 3 is 2.74 bits per heavy atom. The topological polar surface area (TPSA) is 96.0 Å². The van der Waals surface area contributed by atoms with Crippen molar-refractivity contribution in [1.82, 2.24) is 9.88 Å². The number of hydrogen-bond acceptors (Lipinski definition) is 6. The van der Waals surface area contributed by atoms with Gasteiger partial charge in [0.2, 0.25) is 0 Å². The third-order valence-electron chi connectivity index (χ3n) is 4.40. The lowest BCUT2D eigenvalue weighted by molar-refractivity contribution is 0.0137. The van der Waals surface area contributed by atoms with Gasteiger partial charge >= 0.3 is 6.09 Å². The third kappa shape index (κ3) is 4.28. The zero-order valence-corrected chi connectivity index (χ0v) is 15.4. The van der Waals surface area contributed by atoms with Crippen LogP contribution in [0.1, 0.15) is 26.3 Å². The molecule has 1 aromatic heterocycles. The average molecular weight is 378 g/mol. The minimum Gasteiger partial charge on any atom is -0.444 e.